The van der Waals surface area contributed by atoms with Gasteiger partial charge in [-0.25, -0.2) is 4.79 Å². The van der Waals surface area contributed by atoms with Gasteiger partial charge in [0.15, 0.2) is 0 Å². The van der Waals surface area contributed by atoms with Crippen LogP contribution in [0, 0.1) is 0 Å². The molecule has 0 N–H and O–H groups in total. The number of hydrogen-bond acceptors (Lipinski definition) is 5. The molecular formula is C19H30N4O4. The van der Waals surface area contributed by atoms with Gasteiger partial charge in [0, 0.05) is 32.2 Å². The molecule has 0 aromatic carbocycles. The van der Waals surface area contributed by atoms with E-state index in [0.29, 0.717) is 39.4 Å². The summed E-state index contributed by atoms with van der Waals surface area (Å²) in [5, 5.41) is 0. The minimum atomic E-state index is -0.504. The number of urea groups is 1. The standard InChI is InChI=1S/C19H30N4O4/c24-17(14-20-9-11-27-12-10-20)21-7-4-8-22-16(13-21)18(25)23(19(22)26)15-5-2-1-3-6-15/h15-16H,1-14H2. The molecule has 4 fully saturated rings. The Hall–Kier alpha value is -1.67. The quantitative estimate of drug-likeness (QED) is 0.670. The van der Waals surface area contributed by atoms with Gasteiger partial charge in [0.1, 0.15) is 6.04 Å². The fourth-order valence-corrected chi connectivity index (χ4v) is 4.77. The maximum Gasteiger partial charge on any atom is 0.327 e. The Bertz CT molecular complexity index is 586. The van der Waals surface area contributed by atoms with E-state index in [-0.39, 0.29) is 23.9 Å². The number of morpholine rings is 1. The molecule has 0 bridgehead atoms. The number of fused-ring (bicyclic) bond motifs is 1. The lowest BCUT2D eigenvalue weighted by atomic mass is 9.94. The van der Waals surface area contributed by atoms with Crippen molar-refractivity contribution in [2.45, 2.75) is 50.6 Å². The highest BCUT2D eigenvalue weighted by Crippen LogP contribution is 2.30. The van der Waals surface area contributed by atoms with Crippen LogP contribution in [-0.2, 0) is 14.3 Å². The highest BCUT2D eigenvalue weighted by molar-refractivity contribution is 6.05. The predicted octanol–water partition coefficient (Wildman–Crippen LogP) is 0.516. The monoisotopic (exact) mass is 378 g/mol. The fourth-order valence-electron chi connectivity index (χ4n) is 4.77. The van der Waals surface area contributed by atoms with Gasteiger partial charge in [-0.05, 0) is 19.3 Å². The molecule has 4 rings (SSSR count). The van der Waals surface area contributed by atoms with Crippen molar-refractivity contribution in [2.24, 2.45) is 0 Å². The molecule has 3 aliphatic heterocycles. The molecule has 150 valence electrons. The first-order chi connectivity index (χ1) is 13.1. The summed E-state index contributed by atoms with van der Waals surface area (Å²) < 4.78 is 5.34. The zero-order valence-electron chi connectivity index (χ0n) is 16.0. The van der Waals surface area contributed by atoms with E-state index < -0.39 is 6.04 Å². The average Bonchev–Trinajstić information content (AvgIpc) is 2.84. The van der Waals surface area contributed by atoms with Gasteiger partial charge < -0.3 is 14.5 Å². The number of rotatable bonds is 3. The van der Waals surface area contributed by atoms with E-state index in [1.165, 1.54) is 11.3 Å². The van der Waals surface area contributed by atoms with Crippen LogP contribution in [0.5, 0.6) is 0 Å². The molecule has 27 heavy (non-hydrogen) atoms. The first-order valence-electron chi connectivity index (χ1n) is 10.4. The predicted molar refractivity (Wildman–Crippen MR) is 98.1 cm³/mol. The van der Waals surface area contributed by atoms with Gasteiger partial charge >= 0.3 is 6.03 Å². The van der Waals surface area contributed by atoms with E-state index in [0.717, 1.165) is 45.2 Å². The highest BCUT2D eigenvalue weighted by Gasteiger charge is 2.49. The van der Waals surface area contributed by atoms with Crippen molar-refractivity contribution in [3.8, 4) is 0 Å². The van der Waals surface area contributed by atoms with Crippen LogP contribution in [0.3, 0.4) is 0 Å². The van der Waals surface area contributed by atoms with E-state index in [4.69, 9.17) is 4.74 Å². The lowest BCUT2D eigenvalue weighted by molar-refractivity contribution is -0.135. The summed E-state index contributed by atoms with van der Waals surface area (Å²) >= 11 is 0. The van der Waals surface area contributed by atoms with Crippen molar-refractivity contribution < 1.29 is 19.1 Å². The Morgan fingerprint density at radius 2 is 1.70 bits per heavy atom. The molecule has 4 aliphatic rings. The van der Waals surface area contributed by atoms with Crippen LogP contribution in [0.2, 0.25) is 0 Å². The van der Waals surface area contributed by atoms with Crippen molar-refractivity contribution in [3.05, 3.63) is 0 Å². The van der Waals surface area contributed by atoms with Gasteiger partial charge in [-0.2, -0.15) is 0 Å². The topological polar surface area (TPSA) is 73.4 Å². The summed E-state index contributed by atoms with van der Waals surface area (Å²) in [5.41, 5.74) is 0. The number of carbonyl (C=O) groups is 3. The average molecular weight is 378 g/mol. The van der Waals surface area contributed by atoms with Crippen molar-refractivity contribution in [1.29, 1.82) is 0 Å². The number of imide groups is 1. The van der Waals surface area contributed by atoms with Gasteiger partial charge in [-0.15, -0.1) is 0 Å². The molecule has 1 aliphatic carbocycles. The minimum Gasteiger partial charge on any atom is -0.379 e. The molecule has 8 heteroatoms. The molecule has 3 saturated heterocycles. The van der Waals surface area contributed by atoms with Gasteiger partial charge in [-0.3, -0.25) is 19.4 Å². The Kier molecular flexibility index (Phi) is 5.63. The van der Waals surface area contributed by atoms with Crippen LogP contribution in [0.15, 0.2) is 0 Å². The van der Waals surface area contributed by atoms with Gasteiger partial charge in [0.2, 0.25) is 5.91 Å². The van der Waals surface area contributed by atoms with Crippen molar-refractivity contribution in [3.63, 3.8) is 0 Å². The molecule has 4 amide bonds. The molecular weight excluding hydrogens is 348 g/mol. The van der Waals surface area contributed by atoms with Crippen LogP contribution in [0.25, 0.3) is 0 Å². The number of hydrogen-bond donors (Lipinski definition) is 0. The third kappa shape index (κ3) is 3.82. The highest BCUT2D eigenvalue weighted by atomic mass is 16.5. The second-order valence-corrected chi connectivity index (χ2v) is 8.07. The SMILES string of the molecule is O=C(CN1CCOCC1)N1CCCN2C(=O)N(C3CCCCC3)C(=O)C2C1. The molecule has 0 radical (unpaired) electrons. The molecule has 1 atom stereocenters. The van der Waals surface area contributed by atoms with Crippen molar-refractivity contribution >= 4 is 17.8 Å². The van der Waals surface area contributed by atoms with E-state index >= 15 is 0 Å². The molecule has 8 nitrogen and oxygen atoms in total. The maximum absolute atomic E-state index is 13.1. The van der Waals surface area contributed by atoms with Crippen LogP contribution >= 0.6 is 0 Å². The van der Waals surface area contributed by atoms with E-state index in [1.807, 2.05) is 0 Å². The van der Waals surface area contributed by atoms with E-state index in [9.17, 15) is 14.4 Å². The third-order valence-electron chi connectivity index (χ3n) is 6.33. The molecule has 3 heterocycles. The summed E-state index contributed by atoms with van der Waals surface area (Å²) in [6, 6.07) is -0.599. The van der Waals surface area contributed by atoms with Crippen molar-refractivity contribution in [1.82, 2.24) is 19.6 Å². The summed E-state index contributed by atoms with van der Waals surface area (Å²) in [4.78, 5) is 45.9. The van der Waals surface area contributed by atoms with Crippen LogP contribution in [-0.4, -0.2) is 102 Å². The van der Waals surface area contributed by atoms with E-state index in [2.05, 4.69) is 4.90 Å². The lowest BCUT2D eigenvalue weighted by Gasteiger charge is -2.30. The Balaban J connectivity index is 1.42. The summed E-state index contributed by atoms with van der Waals surface area (Å²) in [5.74, 6) is -0.0481. The lowest BCUT2D eigenvalue weighted by Crippen LogP contribution is -2.48. The number of ether oxygens (including phenoxy) is 1. The summed E-state index contributed by atoms with van der Waals surface area (Å²) in [7, 11) is 0. The van der Waals surface area contributed by atoms with E-state index in [1.54, 1.807) is 9.80 Å². The molecule has 1 saturated carbocycles. The van der Waals surface area contributed by atoms with Crippen molar-refractivity contribution in [2.75, 3.05) is 52.5 Å². The molecule has 0 spiro atoms. The largest absolute Gasteiger partial charge is 0.379 e. The summed E-state index contributed by atoms with van der Waals surface area (Å²) in [6.45, 7) is 4.71. The van der Waals surface area contributed by atoms with Crippen LogP contribution in [0.4, 0.5) is 4.79 Å². The van der Waals surface area contributed by atoms with Crippen LogP contribution in [0.1, 0.15) is 38.5 Å². The summed E-state index contributed by atoms with van der Waals surface area (Å²) in [6.07, 6.45) is 5.90. The van der Waals surface area contributed by atoms with Crippen LogP contribution < -0.4 is 0 Å². The molecule has 1 unspecified atom stereocenters. The fraction of sp³-hybridized carbons (Fsp3) is 0.842. The normalized spacial score (nSPS) is 28.4. The zero-order chi connectivity index (χ0) is 18.8. The first kappa shape index (κ1) is 18.7. The second kappa shape index (κ2) is 8.14. The second-order valence-electron chi connectivity index (χ2n) is 8.07. The van der Waals surface area contributed by atoms with Gasteiger partial charge in [0.25, 0.3) is 5.91 Å². The number of carbonyl (C=O) groups excluding carboxylic acids is 3. The maximum atomic E-state index is 13.1. The smallest absolute Gasteiger partial charge is 0.327 e. The number of amides is 4. The zero-order valence-corrected chi connectivity index (χ0v) is 16.0. The number of nitrogens with zero attached hydrogens (tertiary/aromatic N) is 4. The Morgan fingerprint density at radius 1 is 0.963 bits per heavy atom. The Morgan fingerprint density at radius 3 is 2.44 bits per heavy atom. The van der Waals surface area contributed by atoms with Gasteiger partial charge in [0.05, 0.1) is 26.3 Å². The van der Waals surface area contributed by atoms with Gasteiger partial charge in [-0.1, -0.05) is 19.3 Å². The first-order valence-corrected chi connectivity index (χ1v) is 10.4. The third-order valence-corrected chi connectivity index (χ3v) is 6.33. The molecule has 0 aromatic rings. The Labute approximate surface area is 160 Å². The minimum absolute atomic E-state index is 0.0446. The molecule has 0 aromatic heterocycles.